The molecule has 1 aliphatic rings. The van der Waals surface area contributed by atoms with Crippen molar-refractivity contribution in [1.82, 2.24) is 14.9 Å². The van der Waals surface area contributed by atoms with Crippen molar-refractivity contribution in [3.63, 3.8) is 0 Å². The second-order valence-corrected chi connectivity index (χ2v) is 5.58. The zero-order valence-corrected chi connectivity index (χ0v) is 11.1. The Bertz CT molecular complexity index is 689. The molecule has 1 fully saturated rings. The van der Waals surface area contributed by atoms with Gasteiger partial charge >= 0.3 is 0 Å². The highest BCUT2D eigenvalue weighted by molar-refractivity contribution is 8.26. The van der Waals surface area contributed by atoms with Crippen LogP contribution in [0.3, 0.4) is 0 Å². The standard InChI is InChI=1S/C12H9N3OS2/c1-15-11(16)10(18-12(15)17)4-7-5-14-9-6-13-3-2-8(7)9/h2-6,14H,1H3/b10-4-. The lowest BCUT2D eigenvalue weighted by atomic mass is 10.2. The van der Waals surface area contributed by atoms with E-state index in [-0.39, 0.29) is 5.91 Å². The molecule has 0 bridgehead atoms. The van der Waals surface area contributed by atoms with Crippen molar-refractivity contribution in [3.8, 4) is 0 Å². The number of carbonyl (C=O) groups excluding carboxylic acids is 1. The summed E-state index contributed by atoms with van der Waals surface area (Å²) in [4.78, 5) is 21.2. The molecule has 3 heterocycles. The predicted octanol–water partition coefficient (Wildman–Crippen LogP) is 2.39. The number of thioether (sulfide) groups is 1. The molecule has 6 heteroatoms. The van der Waals surface area contributed by atoms with Crippen LogP contribution in [0.15, 0.2) is 29.6 Å². The molecule has 4 nitrogen and oxygen atoms in total. The Labute approximate surface area is 113 Å². The number of nitrogens with zero attached hydrogens (tertiary/aromatic N) is 2. The summed E-state index contributed by atoms with van der Waals surface area (Å²) in [5.74, 6) is -0.0478. The average molecular weight is 275 g/mol. The summed E-state index contributed by atoms with van der Waals surface area (Å²) in [5, 5.41) is 1.05. The molecular formula is C12H9N3OS2. The van der Waals surface area contributed by atoms with Gasteiger partial charge in [-0.2, -0.15) is 0 Å². The number of nitrogens with one attached hydrogen (secondary N) is 1. The molecule has 0 atom stereocenters. The highest BCUT2D eigenvalue weighted by atomic mass is 32.2. The van der Waals surface area contributed by atoms with Crippen LogP contribution in [0, 0.1) is 0 Å². The fourth-order valence-corrected chi connectivity index (χ4v) is 2.97. The largest absolute Gasteiger partial charge is 0.359 e. The molecule has 1 saturated heterocycles. The molecule has 3 rings (SSSR count). The molecule has 1 aliphatic heterocycles. The number of hydrogen-bond acceptors (Lipinski definition) is 4. The van der Waals surface area contributed by atoms with Gasteiger partial charge in [-0.3, -0.25) is 14.7 Å². The number of hydrogen-bond donors (Lipinski definition) is 1. The van der Waals surface area contributed by atoms with Crippen LogP contribution in [0.2, 0.25) is 0 Å². The van der Waals surface area contributed by atoms with Crippen LogP contribution in [0.5, 0.6) is 0 Å². The van der Waals surface area contributed by atoms with Gasteiger partial charge < -0.3 is 4.98 Å². The van der Waals surface area contributed by atoms with Gasteiger partial charge in [0.15, 0.2) is 0 Å². The lowest BCUT2D eigenvalue weighted by Gasteiger charge is -2.03. The van der Waals surface area contributed by atoms with Crippen LogP contribution in [-0.2, 0) is 4.79 Å². The molecule has 0 aromatic carbocycles. The Kier molecular flexibility index (Phi) is 2.68. The molecule has 18 heavy (non-hydrogen) atoms. The molecule has 0 spiro atoms. The second kappa shape index (κ2) is 4.22. The topological polar surface area (TPSA) is 49.0 Å². The van der Waals surface area contributed by atoms with E-state index in [1.807, 2.05) is 18.3 Å². The van der Waals surface area contributed by atoms with Crippen LogP contribution >= 0.6 is 24.0 Å². The van der Waals surface area contributed by atoms with Crippen molar-refractivity contribution in [1.29, 1.82) is 0 Å². The van der Waals surface area contributed by atoms with Gasteiger partial charge in [-0.15, -0.1) is 0 Å². The third-order valence-corrected chi connectivity index (χ3v) is 4.27. The van der Waals surface area contributed by atoms with E-state index in [4.69, 9.17) is 12.2 Å². The quantitative estimate of drug-likeness (QED) is 0.641. The fourth-order valence-electron chi connectivity index (χ4n) is 1.80. The van der Waals surface area contributed by atoms with E-state index in [1.165, 1.54) is 16.7 Å². The van der Waals surface area contributed by atoms with Crippen molar-refractivity contribution in [2.45, 2.75) is 0 Å². The average Bonchev–Trinajstić information content (AvgIpc) is 2.89. The maximum Gasteiger partial charge on any atom is 0.265 e. The second-order valence-electron chi connectivity index (χ2n) is 3.91. The Morgan fingerprint density at radius 3 is 3.11 bits per heavy atom. The van der Waals surface area contributed by atoms with Crippen LogP contribution in [0.4, 0.5) is 0 Å². The van der Waals surface area contributed by atoms with Gasteiger partial charge in [-0.1, -0.05) is 24.0 Å². The Balaban J connectivity index is 2.07. The first-order valence-corrected chi connectivity index (χ1v) is 6.52. The Hall–Kier alpha value is -1.66. The van der Waals surface area contributed by atoms with Gasteiger partial charge in [0.05, 0.1) is 16.6 Å². The summed E-state index contributed by atoms with van der Waals surface area (Å²) in [6.07, 6.45) is 7.23. The zero-order chi connectivity index (χ0) is 12.7. The maximum atomic E-state index is 11.9. The number of fused-ring (bicyclic) bond motifs is 1. The first-order valence-electron chi connectivity index (χ1n) is 5.29. The van der Waals surface area contributed by atoms with Gasteiger partial charge in [-0.25, -0.2) is 0 Å². The molecule has 2 aromatic heterocycles. The van der Waals surface area contributed by atoms with E-state index >= 15 is 0 Å². The fraction of sp³-hybridized carbons (Fsp3) is 0.0833. The van der Waals surface area contributed by atoms with Crippen LogP contribution < -0.4 is 0 Å². The number of thiocarbonyl (C=S) groups is 1. The number of aromatic amines is 1. The van der Waals surface area contributed by atoms with E-state index in [1.54, 1.807) is 19.4 Å². The van der Waals surface area contributed by atoms with Gasteiger partial charge in [0.2, 0.25) is 0 Å². The summed E-state index contributed by atoms with van der Waals surface area (Å²) in [5.41, 5.74) is 1.93. The van der Waals surface area contributed by atoms with Crippen molar-refractivity contribution in [2.75, 3.05) is 7.05 Å². The Morgan fingerprint density at radius 1 is 1.56 bits per heavy atom. The van der Waals surface area contributed by atoms with E-state index in [0.717, 1.165) is 16.5 Å². The molecule has 1 amide bonds. The van der Waals surface area contributed by atoms with Gasteiger partial charge in [0.25, 0.3) is 5.91 Å². The number of carbonyl (C=O) groups is 1. The molecule has 90 valence electrons. The molecular weight excluding hydrogens is 266 g/mol. The van der Waals surface area contributed by atoms with Crippen molar-refractivity contribution >= 4 is 51.2 Å². The number of pyridine rings is 1. The SMILES string of the molecule is CN1C(=O)/C(=C/c2c[nH]c3cnccc23)SC1=S. The normalized spacial score (nSPS) is 18.3. The lowest BCUT2D eigenvalue weighted by molar-refractivity contribution is -0.121. The van der Waals surface area contributed by atoms with Crippen LogP contribution in [0.25, 0.3) is 17.0 Å². The molecule has 0 unspecified atom stereocenters. The zero-order valence-electron chi connectivity index (χ0n) is 9.51. The van der Waals surface area contributed by atoms with Gasteiger partial charge in [0, 0.05) is 30.4 Å². The highest BCUT2D eigenvalue weighted by Crippen LogP contribution is 2.32. The molecule has 1 N–H and O–H groups in total. The smallest absolute Gasteiger partial charge is 0.265 e. The summed E-state index contributed by atoms with van der Waals surface area (Å²) in [6, 6.07) is 1.92. The molecule has 0 aliphatic carbocycles. The Morgan fingerprint density at radius 2 is 2.39 bits per heavy atom. The van der Waals surface area contributed by atoms with E-state index in [0.29, 0.717) is 9.23 Å². The molecule has 0 saturated carbocycles. The van der Waals surface area contributed by atoms with Crippen molar-refractivity contribution in [3.05, 3.63) is 35.1 Å². The van der Waals surface area contributed by atoms with Gasteiger partial charge in [0.1, 0.15) is 4.32 Å². The molecule has 2 aromatic rings. The summed E-state index contributed by atoms with van der Waals surface area (Å²) in [6.45, 7) is 0. The lowest BCUT2D eigenvalue weighted by Crippen LogP contribution is -2.22. The number of likely N-dealkylation sites (N-methyl/N-ethyl adjacent to an activating group) is 1. The minimum Gasteiger partial charge on any atom is -0.359 e. The minimum absolute atomic E-state index is 0.0478. The maximum absolute atomic E-state index is 11.9. The summed E-state index contributed by atoms with van der Waals surface area (Å²) >= 11 is 6.42. The summed E-state index contributed by atoms with van der Waals surface area (Å²) in [7, 11) is 1.69. The monoisotopic (exact) mass is 275 g/mol. The molecule has 0 radical (unpaired) electrons. The summed E-state index contributed by atoms with van der Waals surface area (Å²) < 4.78 is 0.591. The van der Waals surface area contributed by atoms with E-state index < -0.39 is 0 Å². The van der Waals surface area contributed by atoms with Gasteiger partial charge in [-0.05, 0) is 12.1 Å². The number of H-pyrrole nitrogens is 1. The highest BCUT2D eigenvalue weighted by Gasteiger charge is 2.28. The third-order valence-electron chi connectivity index (χ3n) is 2.79. The first-order chi connectivity index (χ1) is 8.66. The number of aromatic nitrogens is 2. The number of amides is 1. The number of rotatable bonds is 1. The van der Waals surface area contributed by atoms with Crippen molar-refractivity contribution in [2.24, 2.45) is 0 Å². The minimum atomic E-state index is -0.0478. The van der Waals surface area contributed by atoms with E-state index in [2.05, 4.69) is 9.97 Å². The van der Waals surface area contributed by atoms with E-state index in [9.17, 15) is 4.79 Å². The predicted molar refractivity (Wildman–Crippen MR) is 77.0 cm³/mol. The van der Waals surface area contributed by atoms with Crippen molar-refractivity contribution < 1.29 is 4.79 Å². The first kappa shape index (κ1) is 11.4. The third kappa shape index (κ3) is 1.74. The van der Waals surface area contributed by atoms with Crippen LogP contribution in [-0.4, -0.2) is 32.1 Å². The van der Waals surface area contributed by atoms with Crippen LogP contribution in [0.1, 0.15) is 5.56 Å².